The van der Waals surface area contributed by atoms with Crippen LogP contribution in [0.5, 0.6) is 0 Å². The van der Waals surface area contributed by atoms with Gasteiger partial charge >= 0.3 is 11.9 Å². The van der Waals surface area contributed by atoms with Crippen molar-refractivity contribution in [3.8, 4) is 0 Å². The molecule has 0 aromatic carbocycles. The number of aliphatic carboxylic acids is 2. The molecule has 2 fully saturated rings. The Labute approximate surface area is 69.2 Å². The van der Waals surface area contributed by atoms with Gasteiger partial charge < -0.3 is 10.2 Å². The quantitative estimate of drug-likeness (QED) is 0.630. The summed E-state index contributed by atoms with van der Waals surface area (Å²) in [4.78, 5) is 21.0. The molecule has 0 heterocycles. The zero-order valence-electron chi connectivity index (χ0n) is 6.43. The molecule has 0 unspecified atom stereocenters. The number of carboxylic acid groups (broad SMARTS) is 2. The van der Waals surface area contributed by atoms with E-state index in [0.717, 1.165) is 0 Å². The molecule has 2 saturated carbocycles. The van der Waals surface area contributed by atoms with Crippen molar-refractivity contribution in [3.05, 3.63) is 0 Å². The summed E-state index contributed by atoms with van der Waals surface area (Å²) in [5, 5.41) is 17.3. The molecular weight excluding hydrogens is 160 g/mol. The van der Waals surface area contributed by atoms with E-state index in [1.165, 1.54) is 0 Å². The van der Waals surface area contributed by atoms with Crippen molar-refractivity contribution in [1.29, 1.82) is 0 Å². The average Bonchev–Trinajstić information content (AvgIpc) is 2.48. The van der Waals surface area contributed by atoms with E-state index >= 15 is 0 Å². The fourth-order valence-corrected chi connectivity index (χ4v) is 2.41. The van der Waals surface area contributed by atoms with Crippen LogP contribution in [0.2, 0.25) is 0 Å². The third-order valence-corrected chi connectivity index (χ3v) is 3.08. The molecular formula is C8H10O4. The Balaban J connectivity index is 1.94. The van der Waals surface area contributed by atoms with Gasteiger partial charge in [-0.15, -0.1) is 0 Å². The summed E-state index contributed by atoms with van der Waals surface area (Å²) in [6.45, 7) is 0. The van der Waals surface area contributed by atoms with Crippen molar-refractivity contribution in [2.75, 3.05) is 0 Å². The van der Waals surface area contributed by atoms with Crippen molar-refractivity contribution < 1.29 is 19.8 Å². The lowest BCUT2D eigenvalue weighted by Gasteiger charge is -2.05. The first-order valence-electron chi connectivity index (χ1n) is 4.07. The molecule has 12 heavy (non-hydrogen) atoms. The minimum Gasteiger partial charge on any atom is -0.481 e. The van der Waals surface area contributed by atoms with Crippen molar-refractivity contribution in [3.63, 3.8) is 0 Å². The monoisotopic (exact) mass is 170 g/mol. The van der Waals surface area contributed by atoms with Gasteiger partial charge in [-0.2, -0.15) is 0 Å². The third-order valence-electron chi connectivity index (χ3n) is 3.08. The second-order valence-electron chi connectivity index (χ2n) is 3.70. The van der Waals surface area contributed by atoms with E-state index in [2.05, 4.69) is 0 Å². The van der Waals surface area contributed by atoms with Crippen LogP contribution in [0.3, 0.4) is 0 Å². The Kier molecular flexibility index (Phi) is 1.40. The third kappa shape index (κ3) is 0.906. The minimum absolute atomic E-state index is 0.156. The largest absolute Gasteiger partial charge is 0.481 e. The molecule has 0 saturated heterocycles. The summed E-state index contributed by atoms with van der Waals surface area (Å²) in [5.41, 5.74) is 0. The van der Waals surface area contributed by atoms with Crippen LogP contribution in [-0.2, 0) is 9.59 Å². The summed E-state index contributed by atoms with van der Waals surface area (Å²) in [6, 6.07) is 0. The van der Waals surface area contributed by atoms with E-state index in [4.69, 9.17) is 10.2 Å². The number of hydrogen-bond donors (Lipinski definition) is 2. The van der Waals surface area contributed by atoms with Gasteiger partial charge in [0.15, 0.2) is 0 Å². The molecule has 0 aromatic heterocycles. The Morgan fingerprint density at radius 1 is 1.00 bits per heavy atom. The lowest BCUT2D eigenvalue weighted by molar-refractivity contribution is -0.144. The molecule has 4 nitrogen and oxygen atoms in total. The van der Waals surface area contributed by atoms with Crippen molar-refractivity contribution in [2.24, 2.45) is 23.7 Å². The SMILES string of the molecule is O=C(O)[C@H]1C[C@@H]2[C@H](C1)[C@@H]2C(=O)O. The first-order valence-corrected chi connectivity index (χ1v) is 4.07. The molecule has 2 N–H and O–H groups in total. The number of rotatable bonds is 2. The van der Waals surface area contributed by atoms with Gasteiger partial charge in [0.05, 0.1) is 11.8 Å². The molecule has 0 spiro atoms. The Morgan fingerprint density at radius 3 is 1.83 bits per heavy atom. The first kappa shape index (κ1) is 7.58. The number of hydrogen-bond acceptors (Lipinski definition) is 2. The predicted octanol–water partition coefficient (Wildman–Crippen LogP) is 0.428. The van der Waals surface area contributed by atoms with Crippen LogP contribution in [0, 0.1) is 23.7 Å². The second-order valence-corrected chi connectivity index (χ2v) is 3.70. The van der Waals surface area contributed by atoms with Gasteiger partial charge in [-0.1, -0.05) is 0 Å². The normalized spacial score (nSPS) is 43.7. The molecule has 0 aromatic rings. The summed E-state index contributed by atoms with van der Waals surface area (Å²) in [5.74, 6) is -1.73. The Morgan fingerprint density at radius 2 is 1.50 bits per heavy atom. The summed E-state index contributed by atoms with van der Waals surface area (Å²) < 4.78 is 0. The molecule has 2 aliphatic rings. The van der Waals surface area contributed by atoms with Crippen molar-refractivity contribution >= 4 is 11.9 Å². The lowest BCUT2D eigenvalue weighted by atomic mass is 10.0. The van der Waals surface area contributed by atoms with E-state index in [1.54, 1.807) is 0 Å². The van der Waals surface area contributed by atoms with Crippen LogP contribution in [0.25, 0.3) is 0 Å². The topological polar surface area (TPSA) is 74.6 Å². The van der Waals surface area contributed by atoms with E-state index < -0.39 is 11.9 Å². The van der Waals surface area contributed by atoms with Crippen LogP contribution >= 0.6 is 0 Å². The summed E-state index contributed by atoms with van der Waals surface area (Å²) in [7, 11) is 0. The van der Waals surface area contributed by atoms with Crippen LogP contribution in [0.15, 0.2) is 0 Å². The molecule has 0 aliphatic heterocycles. The molecule has 0 radical (unpaired) electrons. The minimum atomic E-state index is -0.772. The maximum absolute atomic E-state index is 10.5. The highest BCUT2D eigenvalue weighted by Crippen LogP contribution is 2.59. The molecule has 66 valence electrons. The van der Waals surface area contributed by atoms with Gasteiger partial charge in [0.1, 0.15) is 0 Å². The van der Waals surface area contributed by atoms with E-state index in [0.29, 0.717) is 12.8 Å². The molecule has 2 rings (SSSR count). The fraction of sp³-hybridized carbons (Fsp3) is 0.750. The highest BCUT2D eigenvalue weighted by atomic mass is 16.4. The summed E-state index contributed by atoms with van der Waals surface area (Å²) in [6.07, 6.45) is 1.13. The first-order chi connectivity index (χ1) is 5.61. The highest BCUT2D eigenvalue weighted by molar-refractivity contribution is 5.77. The van der Waals surface area contributed by atoms with Gasteiger partial charge in [-0.25, -0.2) is 0 Å². The number of carboxylic acids is 2. The van der Waals surface area contributed by atoms with Gasteiger partial charge in [0, 0.05) is 0 Å². The lowest BCUT2D eigenvalue weighted by Crippen LogP contribution is -2.15. The van der Waals surface area contributed by atoms with E-state index in [-0.39, 0.29) is 23.7 Å². The second kappa shape index (κ2) is 2.21. The zero-order valence-corrected chi connectivity index (χ0v) is 6.43. The van der Waals surface area contributed by atoms with Gasteiger partial charge in [-0.05, 0) is 24.7 Å². The standard InChI is InChI=1S/C8H10O4/c9-7(10)3-1-4-5(2-3)6(4)8(11)12/h3-6H,1-2H2,(H,9,10)(H,11,12)/t3-,4+,5-,6+. The average molecular weight is 170 g/mol. The molecule has 0 amide bonds. The van der Waals surface area contributed by atoms with Crippen LogP contribution in [0.1, 0.15) is 12.8 Å². The number of fused-ring (bicyclic) bond motifs is 1. The molecule has 4 atom stereocenters. The molecule has 2 aliphatic carbocycles. The van der Waals surface area contributed by atoms with Crippen LogP contribution in [-0.4, -0.2) is 22.2 Å². The van der Waals surface area contributed by atoms with Crippen molar-refractivity contribution in [1.82, 2.24) is 0 Å². The zero-order chi connectivity index (χ0) is 8.88. The molecule has 4 heteroatoms. The van der Waals surface area contributed by atoms with E-state index in [9.17, 15) is 9.59 Å². The van der Waals surface area contributed by atoms with Gasteiger partial charge in [-0.3, -0.25) is 9.59 Å². The van der Waals surface area contributed by atoms with Crippen LogP contribution < -0.4 is 0 Å². The molecule has 0 bridgehead atoms. The predicted molar refractivity (Wildman–Crippen MR) is 38.5 cm³/mol. The van der Waals surface area contributed by atoms with Gasteiger partial charge in [0.25, 0.3) is 0 Å². The fourth-order valence-electron chi connectivity index (χ4n) is 2.41. The Bertz CT molecular complexity index is 223. The maximum atomic E-state index is 10.5. The smallest absolute Gasteiger partial charge is 0.307 e. The van der Waals surface area contributed by atoms with E-state index in [1.807, 2.05) is 0 Å². The van der Waals surface area contributed by atoms with Gasteiger partial charge in [0.2, 0.25) is 0 Å². The number of carbonyl (C=O) groups is 2. The maximum Gasteiger partial charge on any atom is 0.307 e. The summed E-state index contributed by atoms with van der Waals surface area (Å²) >= 11 is 0. The highest BCUT2D eigenvalue weighted by Gasteiger charge is 2.61. The van der Waals surface area contributed by atoms with Crippen molar-refractivity contribution in [2.45, 2.75) is 12.8 Å². The Hall–Kier alpha value is -1.06. The van der Waals surface area contributed by atoms with Crippen LogP contribution in [0.4, 0.5) is 0 Å².